The molecule has 0 aliphatic carbocycles. The van der Waals surface area contributed by atoms with Crippen LogP contribution < -0.4 is 10.6 Å². The summed E-state index contributed by atoms with van der Waals surface area (Å²) < 4.78 is 0. The molecule has 3 aromatic rings. The van der Waals surface area contributed by atoms with Gasteiger partial charge >= 0.3 is 0 Å². The number of anilines is 1. The van der Waals surface area contributed by atoms with E-state index in [0.717, 1.165) is 26.2 Å². The molecular formula is C23H24N4O. The Balaban J connectivity index is 1.57. The van der Waals surface area contributed by atoms with Crippen molar-refractivity contribution in [3.8, 4) is 0 Å². The van der Waals surface area contributed by atoms with Crippen molar-refractivity contribution in [3.05, 3.63) is 95.7 Å². The van der Waals surface area contributed by atoms with Crippen LogP contribution in [0.5, 0.6) is 0 Å². The van der Waals surface area contributed by atoms with E-state index in [-0.39, 0.29) is 6.04 Å². The van der Waals surface area contributed by atoms with Gasteiger partial charge in [-0.25, -0.2) is 4.98 Å². The third-order valence-electron chi connectivity index (χ3n) is 5.26. The molecule has 142 valence electrons. The lowest BCUT2D eigenvalue weighted by molar-refractivity contribution is 0.1000. The van der Waals surface area contributed by atoms with Crippen molar-refractivity contribution in [1.82, 2.24) is 9.88 Å². The molecule has 0 bridgehead atoms. The number of nitrogens with zero attached hydrogens (tertiary/aromatic N) is 3. The predicted molar refractivity (Wildman–Crippen MR) is 111 cm³/mol. The van der Waals surface area contributed by atoms with Crippen LogP contribution in [0.1, 0.15) is 27.5 Å². The van der Waals surface area contributed by atoms with Crippen molar-refractivity contribution < 1.29 is 4.79 Å². The van der Waals surface area contributed by atoms with Crippen molar-refractivity contribution in [2.75, 3.05) is 31.1 Å². The quantitative estimate of drug-likeness (QED) is 0.748. The minimum absolute atomic E-state index is 0.212. The molecule has 1 aliphatic rings. The Hall–Kier alpha value is -3.18. The van der Waals surface area contributed by atoms with Gasteiger partial charge < -0.3 is 10.6 Å². The second-order valence-electron chi connectivity index (χ2n) is 6.99. The average Bonchev–Trinajstić information content (AvgIpc) is 2.76. The monoisotopic (exact) mass is 372 g/mol. The predicted octanol–water partition coefficient (Wildman–Crippen LogP) is 3.09. The summed E-state index contributed by atoms with van der Waals surface area (Å²) in [7, 11) is 0. The third kappa shape index (κ3) is 3.75. The second kappa shape index (κ2) is 8.23. The molecule has 2 aromatic carbocycles. The lowest BCUT2D eigenvalue weighted by Crippen LogP contribution is -2.48. The van der Waals surface area contributed by atoms with Crippen LogP contribution >= 0.6 is 0 Å². The zero-order valence-corrected chi connectivity index (χ0v) is 15.7. The van der Waals surface area contributed by atoms with Gasteiger partial charge in [-0.2, -0.15) is 0 Å². The fourth-order valence-electron chi connectivity index (χ4n) is 3.92. The first-order chi connectivity index (χ1) is 13.7. The van der Waals surface area contributed by atoms with Crippen molar-refractivity contribution in [3.63, 3.8) is 0 Å². The fourth-order valence-corrected chi connectivity index (χ4v) is 3.92. The Kier molecular flexibility index (Phi) is 5.35. The molecule has 0 atom stereocenters. The number of carbonyl (C=O) groups is 1. The molecule has 1 aromatic heterocycles. The van der Waals surface area contributed by atoms with Crippen LogP contribution in [0.15, 0.2) is 79.0 Å². The van der Waals surface area contributed by atoms with Gasteiger partial charge in [-0.15, -0.1) is 0 Å². The van der Waals surface area contributed by atoms with Gasteiger partial charge in [-0.05, 0) is 23.3 Å². The van der Waals surface area contributed by atoms with Gasteiger partial charge in [-0.1, -0.05) is 60.7 Å². The van der Waals surface area contributed by atoms with E-state index in [1.165, 1.54) is 11.1 Å². The van der Waals surface area contributed by atoms with Crippen LogP contribution in [-0.4, -0.2) is 42.0 Å². The normalized spacial score (nSPS) is 15.0. The molecule has 4 rings (SSSR count). The Morgan fingerprint density at radius 1 is 0.821 bits per heavy atom. The summed E-state index contributed by atoms with van der Waals surface area (Å²) in [6.45, 7) is 3.35. The number of hydrogen-bond acceptors (Lipinski definition) is 4. The highest BCUT2D eigenvalue weighted by Gasteiger charge is 2.28. The first-order valence-corrected chi connectivity index (χ1v) is 9.58. The van der Waals surface area contributed by atoms with Crippen molar-refractivity contribution >= 4 is 11.7 Å². The number of benzene rings is 2. The molecule has 5 nitrogen and oxygen atoms in total. The molecule has 2 N–H and O–H groups in total. The van der Waals surface area contributed by atoms with Crippen molar-refractivity contribution in [2.45, 2.75) is 6.04 Å². The van der Waals surface area contributed by atoms with Gasteiger partial charge in [-0.3, -0.25) is 9.69 Å². The number of amides is 1. The standard InChI is InChI=1S/C23H24N4O/c24-22(28)20-12-7-13-25-23(20)27-16-14-26(15-17-27)21(18-8-3-1-4-9-18)19-10-5-2-6-11-19/h1-13,21H,14-17H2,(H2,24,28). The number of aromatic nitrogens is 1. The molecule has 0 spiro atoms. The summed E-state index contributed by atoms with van der Waals surface area (Å²) in [5.41, 5.74) is 8.60. The Morgan fingerprint density at radius 3 is 1.93 bits per heavy atom. The van der Waals surface area contributed by atoms with Crippen LogP contribution in [0.2, 0.25) is 0 Å². The Labute approximate surface area is 165 Å². The molecular weight excluding hydrogens is 348 g/mol. The van der Waals surface area contributed by atoms with Gasteiger partial charge in [0.2, 0.25) is 0 Å². The van der Waals surface area contributed by atoms with E-state index >= 15 is 0 Å². The summed E-state index contributed by atoms with van der Waals surface area (Å²) in [5.74, 6) is 0.252. The molecule has 2 heterocycles. The zero-order chi connectivity index (χ0) is 19.3. The van der Waals surface area contributed by atoms with Crippen molar-refractivity contribution in [2.24, 2.45) is 5.73 Å². The molecule has 0 saturated carbocycles. The maximum absolute atomic E-state index is 11.8. The minimum Gasteiger partial charge on any atom is -0.365 e. The lowest BCUT2D eigenvalue weighted by atomic mass is 9.96. The largest absolute Gasteiger partial charge is 0.365 e. The highest BCUT2D eigenvalue weighted by Crippen LogP contribution is 2.30. The van der Waals surface area contributed by atoms with Gasteiger partial charge in [0.1, 0.15) is 5.82 Å². The highest BCUT2D eigenvalue weighted by atomic mass is 16.1. The fraction of sp³-hybridized carbons (Fsp3) is 0.217. The summed E-state index contributed by atoms with van der Waals surface area (Å²) >= 11 is 0. The van der Waals surface area contributed by atoms with E-state index in [9.17, 15) is 4.79 Å². The lowest BCUT2D eigenvalue weighted by Gasteiger charge is -2.40. The molecule has 0 unspecified atom stereocenters. The van der Waals surface area contributed by atoms with Crippen molar-refractivity contribution in [1.29, 1.82) is 0 Å². The summed E-state index contributed by atoms with van der Waals surface area (Å²) in [6.07, 6.45) is 1.71. The van der Waals surface area contributed by atoms with E-state index in [2.05, 4.69) is 75.4 Å². The summed E-state index contributed by atoms with van der Waals surface area (Å²) in [4.78, 5) is 20.8. The van der Waals surface area contributed by atoms with Gasteiger partial charge in [0, 0.05) is 32.4 Å². The van der Waals surface area contributed by atoms with Crippen LogP contribution in [0.3, 0.4) is 0 Å². The zero-order valence-electron chi connectivity index (χ0n) is 15.7. The number of nitrogens with two attached hydrogens (primary N) is 1. The molecule has 5 heteroatoms. The van der Waals surface area contributed by atoms with Gasteiger partial charge in [0.25, 0.3) is 5.91 Å². The number of hydrogen-bond donors (Lipinski definition) is 1. The summed E-state index contributed by atoms with van der Waals surface area (Å²) in [5, 5.41) is 0. The third-order valence-corrected chi connectivity index (χ3v) is 5.26. The number of pyridine rings is 1. The van der Waals surface area contributed by atoms with Crippen LogP contribution in [-0.2, 0) is 0 Å². The van der Waals surface area contributed by atoms with E-state index in [4.69, 9.17) is 5.73 Å². The van der Waals surface area contributed by atoms with E-state index < -0.39 is 5.91 Å². The number of piperazine rings is 1. The van der Waals surface area contributed by atoms with E-state index in [1.807, 2.05) is 0 Å². The second-order valence-corrected chi connectivity index (χ2v) is 6.99. The highest BCUT2D eigenvalue weighted by molar-refractivity contribution is 5.97. The maximum Gasteiger partial charge on any atom is 0.252 e. The van der Waals surface area contributed by atoms with Crippen LogP contribution in [0.4, 0.5) is 5.82 Å². The molecule has 1 fully saturated rings. The Bertz CT molecular complexity index is 882. The smallest absolute Gasteiger partial charge is 0.252 e. The number of rotatable bonds is 5. The van der Waals surface area contributed by atoms with Crippen LogP contribution in [0, 0.1) is 0 Å². The number of carbonyl (C=O) groups excluding carboxylic acids is 1. The first-order valence-electron chi connectivity index (χ1n) is 9.58. The number of primary amides is 1. The topological polar surface area (TPSA) is 62.5 Å². The molecule has 1 aliphatic heterocycles. The molecule has 1 amide bonds. The SMILES string of the molecule is NC(=O)c1cccnc1N1CCN(C(c2ccccc2)c2ccccc2)CC1. The average molecular weight is 372 g/mol. The maximum atomic E-state index is 11.8. The van der Waals surface area contributed by atoms with E-state index in [0.29, 0.717) is 11.4 Å². The van der Waals surface area contributed by atoms with Gasteiger partial charge in [0.05, 0.1) is 11.6 Å². The summed E-state index contributed by atoms with van der Waals surface area (Å²) in [6, 6.07) is 24.9. The van der Waals surface area contributed by atoms with Crippen LogP contribution in [0.25, 0.3) is 0 Å². The Morgan fingerprint density at radius 2 is 1.39 bits per heavy atom. The van der Waals surface area contributed by atoms with E-state index in [1.54, 1.807) is 18.3 Å². The van der Waals surface area contributed by atoms with Gasteiger partial charge in [0.15, 0.2) is 0 Å². The molecule has 28 heavy (non-hydrogen) atoms. The first kappa shape index (κ1) is 18.2. The minimum atomic E-state index is -0.433. The molecule has 0 radical (unpaired) electrons. The molecule has 1 saturated heterocycles.